The molecule has 0 radical (unpaired) electrons. The molecule has 9 nitrogen and oxygen atoms in total. The summed E-state index contributed by atoms with van der Waals surface area (Å²) in [5.74, 6) is -1.55. The van der Waals surface area contributed by atoms with E-state index in [0.29, 0.717) is 22.6 Å². The smallest absolute Gasteiger partial charge is 0.349 e. The van der Waals surface area contributed by atoms with Crippen LogP contribution in [0, 0.1) is 10.1 Å². The maximum Gasteiger partial charge on any atom is 0.349 e. The monoisotopic (exact) mass is 377 g/mol. The zero-order chi connectivity index (χ0) is 19.3. The molecule has 2 aromatic rings. The maximum absolute atomic E-state index is 11.8. The highest BCUT2D eigenvalue weighted by Crippen LogP contribution is 2.24. The third-order valence-corrected chi connectivity index (χ3v) is 4.15. The van der Waals surface area contributed by atoms with Crippen LogP contribution in [0.2, 0.25) is 0 Å². The van der Waals surface area contributed by atoms with Gasteiger partial charge in [0.2, 0.25) is 0 Å². The molecule has 0 aliphatic carbocycles. The molecule has 0 bridgehead atoms. The molecule has 0 atom stereocenters. The third kappa shape index (κ3) is 4.86. The summed E-state index contributed by atoms with van der Waals surface area (Å²) in [6.07, 6.45) is 0. The molecule has 0 saturated carbocycles. The second-order valence-electron chi connectivity index (χ2n) is 5.30. The van der Waals surface area contributed by atoms with Gasteiger partial charge in [-0.05, 0) is 30.3 Å². The predicted octanol–water partition coefficient (Wildman–Crippen LogP) is 2.15. The van der Waals surface area contributed by atoms with Crippen LogP contribution in [0.5, 0.6) is 0 Å². The maximum atomic E-state index is 11.8. The zero-order valence-corrected chi connectivity index (χ0v) is 14.7. The number of nitrogens with zero attached hydrogens (tertiary/aromatic N) is 2. The van der Waals surface area contributed by atoms with Crippen molar-refractivity contribution in [3.63, 3.8) is 0 Å². The Morgan fingerprint density at radius 2 is 1.81 bits per heavy atom. The van der Waals surface area contributed by atoms with Crippen molar-refractivity contribution >= 4 is 39.8 Å². The van der Waals surface area contributed by atoms with E-state index in [4.69, 9.17) is 4.74 Å². The molecule has 136 valence electrons. The Morgan fingerprint density at radius 1 is 1.15 bits per heavy atom. The zero-order valence-electron chi connectivity index (χ0n) is 13.9. The molecule has 1 aromatic heterocycles. The second kappa shape index (κ2) is 8.21. The van der Waals surface area contributed by atoms with Crippen molar-refractivity contribution in [1.29, 1.82) is 0 Å². The van der Waals surface area contributed by atoms with Crippen LogP contribution in [0.15, 0.2) is 36.4 Å². The molecular formula is C16H15N3O6S. The van der Waals surface area contributed by atoms with Gasteiger partial charge in [-0.1, -0.05) is 11.3 Å². The molecular weight excluding hydrogens is 362 g/mol. The first-order valence-electron chi connectivity index (χ1n) is 7.31. The number of nitrogens with one attached hydrogen (secondary N) is 1. The molecule has 0 unspecified atom stereocenters. The van der Waals surface area contributed by atoms with Crippen LogP contribution in [0.4, 0.5) is 10.7 Å². The molecule has 26 heavy (non-hydrogen) atoms. The predicted molar refractivity (Wildman–Crippen MR) is 94.3 cm³/mol. The van der Waals surface area contributed by atoms with E-state index in [1.807, 2.05) is 0 Å². The number of amides is 2. The Morgan fingerprint density at radius 3 is 2.35 bits per heavy atom. The quantitative estimate of drug-likeness (QED) is 0.468. The summed E-state index contributed by atoms with van der Waals surface area (Å²) in [5, 5.41) is 12.9. The largest absolute Gasteiger partial charge is 0.451 e. The second-order valence-corrected chi connectivity index (χ2v) is 6.36. The average molecular weight is 377 g/mol. The lowest BCUT2D eigenvalue weighted by molar-refractivity contribution is -0.380. The summed E-state index contributed by atoms with van der Waals surface area (Å²) in [7, 11) is 3.27. The van der Waals surface area contributed by atoms with Crippen LogP contribution in [0.1, 0.15) is 20.0 Å². The highest BCUT2D eigenvalue weighted by molar-refractivity contribution is 7.17. The number of hydrogen-bond donors (Lipinski definition) is 1. The minimum absolute atomic E-state index is 0.0380. The van der Waals surface area contributed by atoms with Gasteiger partial charge in [0.05, 0.1) is 4.92 Å². The minimum atomic E-state index is -0.815. The number of rotatable bonds is 6. The van der Waals surface area contributed by atoms with Crippen molar-refractivity contribution in [3.8, 4) is 0 Å². The van der Waals surface area contributed by atoms with Crippen LogP contribution in [-0.2, 0) is 9.53 Å². The number of carbonyl (C=O) groups excluding carboxylic acids is 3. The van der Waals surface area contributed by atoms with Gasteiger partial charge in [0.25, 0.3) is 11.8 Å². The van der Waals surface area contributed by atoms with E-state index in [0.717, 1.165) is 0 Å². The topological polar surface area (TPSA) is 119 Å². The fraction of sp³-hybridized carbons (Fsp3) is 0.188. The fourth-order valence-electron chi connectivity index (χ4n) is 1.89. The lowest BCUT2D eigenvalue weighted by atomic mass is 10.2. The molecule has 1 N–H and O–H groups in total. The molecule has 2 rings (SSSR count). The Labute approximate surface area is 152 Å². The minimum Gasteiger partial charge on any atom is -0.451 e. The summed E-state index contributed by atoms with van der Waals surface area (Å²) >= 11 is 0.670. The summed E-state index contributed by atoms with van der Waals surface area (Å²) in [4.78, 5) is 46.8. The number of benzene rings is 1. The van der Waals surface area contributed by atoms with Crippen LogP contribution >= 0.6 is 11.3 Å². The highest BCUT2D eigenvalue weighted by Gasteiger charge is 2.17. The first kappa shape index (κ1) is 19.1. The van der Waals surface area contributed by atoms with Crippen molar-refractivity contribution < 1.29 is 24.0 Å². The van der Waals surface area contributed by atoms with Gasteiger partial charge >= 0.3 is 11.0 Å². The van der Waals surface area contributed by atoms with E-state index in [2.05, 4.69) is 5.32 Å². The number of ether oxygens (including phenoxy) is 1. The number of esters is 1. The van der Waals surface area contributed by atoms with Crippen LogP contribution in [-0.4, -0.2) is 48.3 Å². The Hall–Kier alpha value is -3.27. The fourth-order valence-corrected chi connectivity index (χ4v) is 2.60. The van der Waals surface area contributed by atoms with Crippen LogP contribution < -0.4 is 5.32 Å². The highest BCUT2D eigenvalue weighted by atomic mass is 32.1. The van der Waals surface area contributed by atoms with Crippen molar-refractivity contribution in [2.45, 2.75) is 0 Å². The molecule has 1 aromatic carbocycles. The van der Waals surface area contributed by atoms with Gasteiger partial charge in [-0.15, -0.1) is 0 Å². The first-order valence-corrected chi connectivity index (χ1v) is 8.12. The molecule has 0 fully saturated rings. The van der Waals surface area contributed by atoms with E-state index in [-0.39, 0.29) is 15.8 Å². The molecule has 0 spiro atoms. The van der Waals surface area contributed by atoms with Crippen molar-refractivity contribution in [3.05, 3.63) is 57.0 Å². The lowest BCUT2D eigenvalue weighted by Gasteiger charge is -2.11. The third-order valence-electron chi connectivity index (χ3n) is 3.13. The number of anilines is 1. The summed E-state index contributed by atoms with van der Waals surface area (Å²) in [6.45, 7) is -0.539. The van der Waals surface area contributed by atoms with Gasteiger partial charge in [-0.2, -0.15) is 0 Å². The van der Waals surface area contributed by atoms with Gasteiger partial charge in [0.1, 0.15) is 4.88 Å². The molecule has 0 saturated heterocycles. The first-order chi connectivity index (χ1) is 12.3. The number of hydrogen-bond acceptors (Lipinski definition) is 7. The van der Waals surface area contributed by atoms with Crippen LogP contribution in [0.25, 0.3) is 0 Å². The average Bonchev–Trinajstić information content (AvgIpc) is 3.10. The van der Waals surface area contributed by atoms with Gasteiger partial charge in [0.15, 0.2) is 6.61 Å². The molecule has 0 aliphatic rings. The van der Waals surface area contributed by atoms with Crippen LogP contribution in [0.3, 0.4) is 0 Å². The van der Waals surface area contributed by atoms with Gasteiger partial charge in [-0.25, -0.2) is 4.79 Å². The number of nitro groups is 1. The Balaban J connectivity index is 1.87. The Bertz CT molecular complexity index is 844. The van der Waals surface area contributed by atoms with Crippen molar-refractivity contribution in [2.75, 3.05) is 26.0 Å². The van der Waals surface area contributed by atoms with E-state index >= 15 is 0 Å². The summed E-state index contributed by atoms with van der Waals surface area (Å²) < 4.78 is 4.82. The molecule has 2 amide bonds. The van der Waals surface area contributed by atoms with E-state index in [1.54, 1.807) is 38.4 Å². The molecule has 10 heteroatoms. The van der Waals surface area contributed by atoms with Gasteiger partial charge < -0.3 is 15.0 Å². The molecule has 1 heterocycles. The summed E-state index contributed by atoms with van der Waals surface area (Å²) in [5.41, 5.74) is 0.909. The Kier molecular flexibility index (Phi) is 6.02. The number of thiophene rings is 1. The normalized spacial score (nSPS) is 10.1. The standard InChI is InChI=1S/C16H15N3O6S/c1-18(2)15(21)10-3-5-11(6-4-10)17-13(20)9-25-16(22)12-7-8-14(26-12)19(23)24/h3-8H,9H2,1-2H3,(H,17,20). The van der Waals surface area contributed by atoms with Gasteiger partial charge in [-0.3, -0.25) is 19.7 Å². The van der Waals surface area contributed by atoms with E-state index in [1.165, 1.54) is 17.0 Å². The van der Waals surface area contributed by atoms with E-state index in [9.17, 15) is 24.5 Å². The summed E-state index contributed by atoms with van der Waals surface area (Å²) in [6, 6.07) is 8.70. The van der Waals surface area contributed by atoms with Gasteiger partial charge in [0, 0.05) is 31.4 Å². The van der Waals surface area contributed by atoms with Crippen molar-refractivity contribution in [2.24, 2.45) is 0 Å². The lowest BCUT2D eigenvalue weighted by Crippen LogP contribution is -2.22. The number of carbonyl (C=O) groups is 3. The SMILES string of the molecule is CN(C)C(=O)c1ccc(NC(=O)COC(=O)c2ccc([N+](=O)[O-])s2)cc1. The van der Waals surface area contributed by atoms with Crippen molar-refractivity contribution in [1.82, 2.24) is 4.90 Å². The molecule has 0 aliphatic heterocycles. The van der Waals surface area contributed by atoms with E-state index < -0.39 is 23.4 Å².